The molecule has 4 rings (SSSR count). The first-order valence-electron chi connectivity index (χ1n) is 7.23. The average Bonchev–Trinajstić information content (AvgIpc) is 3.09. The van der Waals surface area contributed by atoms with Gasteiger partial charge in [0.05, 0.1) is 28.7 Å². The van der Waals surface area contributed by atoms with Crippen molar-refractivity contribution in [3.63, 3.8) is 0 Å². The normalized spacial score (nSPS) is 12.8. The van der Waals surface area contributed by atoms with Crippen LogP contribution in [0.3, 0.4) is 0 Å². The highest BCUT2D eigenvalue weighted by Crippen LogP contribution is 2.24. The van der Waals surface area contributed by atoms with Crippen molar-refractivity contribution < 1.29 is 0 Å². The number of aryl methyl sites for hydroxylation is 1. The SMILES string of the molecule is C[C@H](Nc1ncnc2c1cnn2C)c1ccc2[nH]c(=O)[nH]c2c1. The minimum atomic E-state index is -0.203. The molecule has 0 bridgehead atoms. The number of aromatic nitrogens is 6. The molecule has 1 aromatic carbocycles. The maximum Gasteiger partial charge on any atom is 0.323 e. The van der Waals surface area contributed by atoms with Gasteiger partial charge >= 0.3 is 5.69 Å². The van der Waals surface area contributed by atoms with Crippen LogP contribution in [-0.2, 0) is 7.05 Å². The number of aromatic amines is 2. The molecule has 116 valence electrons. The van der Waals surface area contributed by atoms with Gasteiger partial charge in [0.25, 0.3) is 0 Å². The second-order valence-corrected chi connectivity index (χ2v) is 5.48. The predicted molar refractivity (Wildman–Crippen MR) is 87.3 cm³/mol. The van der Waals surface area contributed by atoms with Gasteiger partial charge in [-0.25, -0.2) is 14.8 Å². The fourth-order valence-corrected chi connectivity index (χ4v) is 2.68. The molecule has 23 heavy (non-hydrogen) atoms. The van der Waals surface area contributed by atoms with Crippen molar-refractivity contribution in [3.05, 3.63) is 46.8 Å². The second-order valence-electron chi connectivity index (χ2n) is 5.48. The maximum absolute atomic E-state index is 11.4. The Morgan fingerprint density at radius 3 is 2.91 bits per heavy atom. The lowest BCUT2D eigenvalue weighted by atomic mass is 10.1. The number of imidazole rings is 1. The standard InChI is InChI=1S/C15H15N7O/c1-8(9-3-4-11-12(5-9)21-15(23)20-11)19-13-10-6-18-22(2)14(10)17-7-16-13/h3-8H,1-2H3,(H,16,17,19)(H2,20,21,23)/t8-/m0/s1. The number of rotatable bonds is 3. The van der Waals surface area contributed by atoms with Crippen molar-refractivity contribution in [2.45, 2.75) is 13.0 Å². The van der Waals surface area contributed by atoms with Crippen LogP contribution in [0.2, 0.25) is 0 Å². The Balaban J connectivity index is 1.69. The molecule has 0 aliphatic rings. The van der Waals surface area contributed by atoms with E-state index in [4.69, 9.17) is 0 Å². The van der Waals surface area contributed by atoms with Gasteiger partial charge in [-0.3, -0.25) is 4.68 Å². The number of hydrogen-bond acceptors (Lipinski definition) is 5. The summed E-state index contributed by atoms with van der Waals surface area (Å²) in [6, 6.07) is 5.83. The molecule has 0 aliphatic carbocycles. The Bertz CT molecular complexity index is 1060. The molecule has 3 aromatic heterocycles. The number of H-pyrrole nitrogens is 2. The summed E-state index contributed by atoms with van der Waals surface area (Å²) in [6.45, 7) is 2.04. The van der Waals surface area contributed by atoms with Gasteiger partial charge in [-0.15, -0.1) is 0 Å². The summed E-state index contributed by atoms with van der Waals surface area (Å²) in [4.78, 5) is 25.4. The van der Waals surface area contributed by atoms with Crippen LogP contribution in [-0.4, -0.2) is 29.7 Å². The summed E-state index contributed by atoms with van der Waals surface area (Å²) in [5, 5.41) is 8.46. The lowest BCUT2D eigenvalue weighted by molar-refractivity contribution is 0.785. The van der Waals surface area contributed by atoms with E-state index in [1.807, 2.05) is 32.2 Å². The van der Waals surface area contributed by atoms with Crippen LogP contribution in [0.5, 0.6) is 0 Å². The number of nitrogens with zero attached hydrogens (tertiary/aromatic N) is 4. The van der Waals surface area contributed by atoms with Crippen LogP contribution in [0, 0.1) is 0 Å². The Morgan fingerprint density at radius 2 is 2.04 bits per heavy atom. The minimum absolute atomic E-state index is 0.0103. The monoisotopic (exact) mass is 309 g/mol. The number of nitrogens with one attached hydrogen (secondary N) is 3. The summed E-state index contributed by atoms with van der Waals surface area (Å²) in [6.07, 6.45) is 3.27. The number of fused-ring (bicyclic) bond motifs is 2. The molecular formula is C15H15N7O. The van der Waals surface area contributed by atoms with Crippen molar-refractivity contribution in [1.82, 2.24) is 29.7 Å². The highest BCUT2D eigenvalue weighted by molar-refractivity contribution is 5.86. The van der Waals surface area contributed by atoms with E-state index < -0.39 is 0 Å². The Morgan fingerprint density at radius 1 is 1.22 bits per heavy atom. The zero-order chi connectivity index (χ0) is 16.0. The second kappa shape index (κ2) is 4.94. The zero-order valence-corrected chi connectivity index (χ0v) is 12.7. The summed E-state index contributed by atoms with van der Waals surface area (Å²) in [7, 11) is 1.85. The van der Waals surface area contributed by atoms with Gasteiger partial charge in [-0.2, -0.15) is 5.10 Å². The molecule has 0 amide bonds. The molecule has 0 saturated carbocycles. The van der Waals surface area contributed by atoms with Crippen molar-refractivity contribution >= 4 is 27.9 Å². The Hall–Kier alpha value is -3.16. The molecule has 1 atom stereocenters. The van der Waals surface area contributed by atoms with Crippen LogP contribution in [0.4, 0.5) is 5.82 Å². The van der Waals surface area contributed by atoms with Gasteiger partial charge < -0.3 is 15.3 Å². The van der Waals surface area contributed by atoms with E-state index in [9.17, 15) is 4.79 Å². The molecule has 0 spiro atoms. The maximum atomic E-state index is 11.4. The average molecular weight is 309 g/mol. The largest absolute Gasteiger partial charge is 0.363 e. The molecule has 0 aliphatic heterocycles. The van der Waals surface area contributed by atoms with E-state index in [-0.39, 0.29) is 11.7 Å². The van der Waals surface area contributed by atoms with E-state index in [0.717, 1.165) is 33.4 Å². The van der Waals surface area contributed by atoms with Crippen molar-refractivity contribution in [1.29, 1.82) is 0 Å². The molecule has 3 N–H and O–H groups in total. The van der Waals surface area contributed by atoms with E-state index in [1.54, 1.807) is 10.9 Å². The van der Waals surface area contributed by atoms with Crippen LogP contribution >= 0.6 is 0 Å². The molecule has 0 unspecified atom stereocenters. The molecule has 0 saturated heterocycles. The number of hydrogen-bond donors (Lipinski definition) is 3. The topological polar surface area (TPSA) is 104 Å². The summed E-state index contributed by atoms with van der Waals surface area (Å²) >= 11 is 0. The van der Waals surface area contributed by atoms with E-state index in [2.05, 4.69) is 30.4 Å². The minimum Gasteiger partial charge on any atom is -0.363 e. The van der Waals surface area contributed by atoms with Crippen molar-refractivity contribution in [2.75, 3.05) is 5.32 Å². The van der Waals surface area contributed by atoms with Gasteiger partial charge in [0.15, 0.2) is 5.65 Å². The molecule has 8 heteroatoms. The van der Waals surface area contributed by atoms with Crippen LogP contribution in [0.15, 0.2) is 35.5 Å². The Labute approximate surface area is 130 Å². The Kier molecular flexibility index (Phi) is 2.90. The zero-order valence-electron chi connectivity index (χ0n) is 12.7. The molecule has 0 radical (unpaired) electrons. The fourth-order valence-electron chi connectivity index (χ4n) is 2.68. The third kappa shape index (κ3) is 2.24. The van der Waals surface area contributed by atoms with Gasteiger partial charge in [-0.1, -0.05) is 6.07 Å². The van der Waals surface area contributed by atoms with E-state index in [1.165, 1.54) is 6.33 Å². The molecule has 4 aromatic rings. The van der Waals surface area contributed by atoms with Crippen LogP contribution < -0.4 is 11.0 Å². The third-order valence-electron chi connectivity index (χ3n) is 3.92. The molecule has 3 heterocycles. The highest BCUT2D eigenvalue weighted by Gasteiger charge is 2.12. The summed E-state index contributed by atoms with van der Waals surface area (Å²) in [5.74, 6) is 0.734. The lowest BCUT2D eigenvalue weighted by Gasteiger charge is -2.15. The summed E-state index contributed by atoms with van der Waals surface area (Å²) < 4.78 is 1.71. The van der Waals surface area contributed by atoms with E-state index in [0.29, 0.717) is 0 Å². The van der Waals surface area contributed by atoms with Crippen LogP contribution in [0.1, 0.15) is 18.5 Å². The summed E-state index contributed by atoms with van der Waals surface area (Å²) in [5.41, 5.74) is 3.20. The molecule has 0 fully saturated rings. The predicted octanol–water partition coefficient (Wildman–Crippen LogP) is 1.71. The van der Waals surface area contributed by atoms with Crippen molar-refractivity contribution in [3.8, 4) is 0 Å². The quantitative estimate of drug-likeness (QED) is 0.534. The lowest BCUT2D eigenvalue weighted by Crippen LogP contribution is -2.08. The first-order chi connectivity index (χ1) is 11.1. The third-order valence-corrected chi connectivity index (χ3v) is 3.92. The molecular weight excluding hydrogens is 294 g/mol. The fraction of sp³-hybridized carbons (Fsp3) is 0.200. The molecule has 8 nitrogen and oxygen atoms in total. The van der Waals surface area contributed by atoms with Crippen molar-refractivity contribution in [2.24, 2.45) is 7.05 Å². The highest BCUT2D eigenvalue weighted by atomic mass is 16.1. The van der Waals surface area contributed by atoms with Gasteiger partial charge in [0.1, 0.15) is 12.1 Å². The van der Waals surface area contributed by atoms with Gasteiger partial charge in [0, 0.05) is 7.05 Å². The first kappa shape index (κ1) is 13.5. The number of anilines is 1. The van der Waals surface area contributed by atoms with Gasteiger partial charge in [0.2, 0.25) is 0 Å². The van der Waals surface area contributed by atoms with Crippen LogP contribution in [0.25, 0.3) is 22.1 Å². The first-order valence-corrected chi connectivity index (χ1v) is 7.23. The van der Waals surface area contributed by atoms with E-state index >= 15 is 0 Å². The number of benzene rings is 1. The van der Waals surface area contributed by atoms with Gasteiger partial charge in [-0.05, 0) is 24.6 Å². The smallest absolute Gasteiger partial charge is 0.323 e.